The summed E-state index contributed by atoms with van der Waals surface area (Å²) in [6.45, 7) is 5.88. The standard InChI is InChI=1S/C24H29FN4O4/c1-2-23(30)28(10-9-27-11-14-32-15-12-27)17-24(31)29-21(22-4-3-13-33-22)16-20(26-29)18-5-7-19(25)8-6-18/h3-8,13,21H,2,9-12,14-17H2,1H3/t21-/m0/s1. The molecule has 2 aliphatic heterocycles. The highest BCUT2D eigenvalue weighted by Crippen LogP contribution is 2.33. The first kappa shape index (κ1) is 23.1. The summed E-state index contributed by atoms with van der Waals surface area (Å²) in [6, 6.07) is 9.21. The van der Waals surface area contributed by atoms with Crippen LogP contribution in [0.5, 0.6) is 0 Å². The summed E-state index contributed by atoms with van der Waals surface area (Å²) in [5, 5.41) is 5.97. The van der Waals surface area contributed by atoms with E-state index in [9.17, 15) is 14.0 Å². The smallest absolute Gasteiger partial charge is 0.262 e. The Balaban J connectivity index is 1.50. The minimum atomic E-state index is -0.412. The zero-order chi connectivity index (χ0) is 23.2. The molecule has 2 amide bonds. The molecule has 4 rings (SSSR count). The maximum atomic E-state index is 13.4. The quantitative estimate of drug-likeness (QED) is 0.610. The van der Waals surface area contributed by atoms with Crippen LogP contribution in [0.4, 0.5) is 4.39 Å². The Hall–Kier alpha value is -3.04. The van der Waals surface area contributed by atoms with Gasteiger partial charge in [0.25, 0.3) is 5.91 Å². The van der Waals surface area contributed by atoms with Gasteiger partial charge >= 0.3 is 0 Å². The maximum Gasteiger partial charge on any atom is 0.262 e. The fourth-order valence-electron chi connectivity index (χ4n) is 4.10. The zero-order valence-electron chi connectivity index (χ0n) is 18.8. The lowest BCUT2D eigenvalue weighted by Crippen LogP contribution is -2.46. The van der Waals surface area contributed by atoms with E-state index in [2.05, 4.69) is 10.0 Å². The van der Waals surface area contributed by atoms with Gasteiger partial charge in [-0.05, 0) is 29.8 Å². The van der Waals surface area contributed by atoms with Crippen LogP contribution in [0.25, 0.3) is 0 Å². The number of benzene rings is 1. The number of nitrogens with zero attached hydrogens (tertiary/aromatic N) is 4. The van der Waals surface area contributed by atoms with E-state index in [4.69, 9.17) is 9.15 Å². The van der Waals surface area contributed by atoms with Gasteiger partial charge in [0.2, 0.25) is 5.91 Å². The minimum Gasteiger partial charge on any atom is -0.467 e. The molecule has 176 valence electrons. The van der Waals surface area contributed by atoms with E-state index >= 15 is 0 Å². The number of hydrogen-bond donors (Lipinski definition) is 0. The molecule has 9 heteroatoms. The average Bonchev–Trinajstić information content (AvgIpc) is 3.52. The summed E-state index contributed by atoms with van der Waals surface area (Å²) in [5.41, 5.74) is 1.42. The molecule has 0 saturated carbocycles. The normalized spacial score (nSPS) is 18.9. The molecule has 1 aromatic heterocycles. The Kier molecular flexibility index (Phi) is 7.51. The summed E-state index contributed by atoms with van der Waals surface area (Å²) < 4.78 is 24.3. The van der Waals surface area contributed by atoms with Crippen LogP contribution in [0, 0.1) is 5.82 Å². The van der Waals surface area contributed by atoms with Crippen LogP contribution >= 0.6 is 0 Å². The molecule has 33 heavy (non-hydrogen) atoms. The van der Waals surface area contributed by atoms with Gasteiger partial charge in [0.1, 0.15) is 24.2 Å². The summed E-state index contributed by atoms with van der Waals surface area (Å²) in [5.74, 6) is -0.0712. The van der Waals surface area contributed by atoms with E-state index in [0.717, 1.165) is 18.7 Å². The predicted molar refractivity (Wildman–Crippen MR) is 120 cm³/mol. The van der Waals surface area contributed by atoms with Crippen LogP contribution in [0.2, 0.25) is 0 Å². The molecule has 1 saturated heterocycles. The van der Waals surface area contributed by atoms with Crippen LogP contribution in [0.15, 0.2) is 52.2 Å². The number of furan rings is 1. The number of carbonyl (C=O) groups is 2. The zero-order valence-corrected chi connectivity index (χ0v) is 18.8. The molecule has 2 aromatic rings. The highest BCUT2D eigenvalue weighted by Gasteiger charge is 2.35. The number of carbonyl (C=O) groups excluding carboxylic acids is 2. The van der Waals surface area contributed by atoms with Crippen molar-refractivity contribution in [3.63, 3.8) is 0 Å². The van der Waals surface area contributed by atoms with Crippen molar-refractivity contribution in [2.75, 3.05) is 45.9 Å². The monoisotopic (exact) mass is 456 g/mol. The molecule has 2 aliphatic rings. The van der Waals surface area contributed by atoms with E-state index in [1.807, 2.05) is 6.07 Å². The Morgan fingerprint density at radius 2 is 1.94 bits per heavy atom. The van der Waals surface area contributed by atoms with Gasteiger partial charge in [0.15, 0.2) is 0 Å². The number of hydrogen-bond acceptors (Lipinski definition) is 6. The van der Waals surface area contributed by atoms with E-state index in [0.29, 0.717) is 50.6 Å². The van der Waals surface area contributed by atoms with Crippen molar-refractivity contribution in [3.05, 3.63) is 59.8 Å². The van der Waals surface area contributed by atoms with Crippen LogP contribution in [-0.4, -0.2) is 78.3 Å². The molecule has 0 aliphatic carbocycles. The molecule has 1 aromatic carbocycles. The highest BCUT2D eigenvalue weighted by atomic mass is 19.1. The topological polar surface area (TPSA) is 78.6 Å². The third-order valence-electron chi connectivity index (χ3n) is 5.99. The lowest BCUT2D eigenvalue weighted by molar-refractivity contribution is -0.142. The number of rotatable bonds is 8. The number of halogens is 1. The molecule has 1 fully saturated rings. The molecule has 8 nitrogen and oxygen atoms in total. The SMILES string of the molecule is CCC(=O)N(CCN1CCOCC1)CC(=O)N1N=C(c2ccc(F)cc2)C[C@H]1c1ccco1. The van der Waals surface area contributed by atoms with Gasteiger partial charge in [-0.2, -0.15) is 5.10 Å². The third-order valence-corrected chi connectivity index (χ3v) is 5.99. The van der Waals surface area contributed by atoms with Crippen molar-refractivity contribution in [1.82, 2.24) is 14.8 Å². The minimum absolute atomic E-state index is 0.0611. The van der Waals surface area contributed by atoms with Crippen LogP contribution in [-0.2, 0) is 14.3 Å². The number of morpholine rings is 1. The van der Waals surface area contributed by atoms with Crippen molar-refractivity contribution in [2.45, 2.75) is 25.8 Å². The Morgan fingerprint density at radius 3 is 2.61 bits per heavy atom. The van der Waals surface area contributed by atoms with E-state index in [1.165, 1.54) is 17.1 Å². The van der Waals surface area contributed by atoms with E-state index < -0.39 is 6.04 Å². The number of hydrazone groups is 1. The van der Waals surface area contributed by atoms with Gasteiger partial charge in [-0.25, -0.2) is 9.40 Å². The molecule has 0 N–H and O–H groups in total. The largest absolute Gasteiger partial charge is 0.467 e. The first-order chi connectivity index (χ1) is 16.0. The van der Waals surface area contributed by atoms with Gasteiger partial charge in [0.05, 0.1) is 25.2 Å². The molecule has 1 atom stereocenters. The Labute approximate surface area is 192 Å². The Bertz CT molecular complexity index is 971. The first-order valence-corrected chi connectivity index (χ1v) is 11.3. The van der Waals surface area contributed by atoms with E-state index in [1.54, 1.807) is 36.3 Å². The predicted octanol–water partition coefficient (Wildman–Crippen LogP) is 2.67. The second-order valence-electron chi connectivity index (χ2n) is 8.15. The number of amides is 2. The molecular weight excluding hydrogens is 427 g/mol. The van der Waals surface area contributed by atoms with Gasteiger partial charge in [-0.15, -0.1) is 0 Å². The summed E-state index contributed by atoms with van der Waals surface area (Å²) in [6.07, 6.45) is 2.33. The van der Waals surface area contributed by atoms with Gasteiger partial charge < -0.3 is 14.1 Å². The van der Waals surface area contributed by atoms with Gasteiger partial charge in [-0.3, -0.25) is 14.5 Å². The van der Waals surface area contributed by atoms with Crippen LogP contribution in [0.3, 0.4) is 0 Å². The van der Waals surface area contributed by atoms with Crippen molar-refractivity contribution in [3.8, 4) is 0 Å². The van der Waals surface area contributed by atoms with E-state index in [-0.39, 0.29) is 24.2 Å². The first-order valence-electron chi connectivity index (χ1n) is 11.3. The summed E-state index contributed by atoms with van der Waals surface area (Å²) in [7, 11) is 0. The van der Waals surface area contributed by atoms with Gasteiger partial charge in [0, 0.05) is 39.0 Å². The summed E-state index contributed by atoms with van der Waals surface area (Å²) >= 11 is 0. The van der Waals surface area contributed by atoms with Crippen LogP contribution < -0.4 is 0 Å². The molecule has 0 unspecified atom stereocenters. The van der Waals surface area contributed by atoms with Crippen molar-refractivity contribution < 1.29 is 23.1 Å². The number of ether oxygens (including phenoxy) is 1. The molecule has 0 bridgehead atoms. The highest BCUT2D eigenvalue weighted by molar-refractivity contribution is 6.03. The van der Waals surface area contributed by atoms with Crippen molar-refractivity contribution in [2.24, 2.45) is 5.10 Å². The fraction of sp³-hybridized carbons (Fsp3) is 0.458. The fourth-order valence-corrected chi connectivity index (χ4v) is 4.10. The molecule has 0 radical (unpaired) electrons. The molecule has 0 spiro atoms. The second-order valence-corrected chi connectivity index (χ2v) is 8.15. The molecule has 3 heterocycles. The van der Waals surface area contributed by atoms with Gasteiger partial charge in [-0.1, -0.05) is 19.1 Å². The Morgan fingerprint density at radius 1 is 1.18 bits per heavy atom. The summed E-state index contributed by atoms with van der Waals surface area (Å²) in [4.78, 5) is 29.8. The second kappa shape index (κ2) is 10.7. The van der Waals surface area contributed by atoms with Crippen LogP contribution in [0.1, 0.15) is 37.1 Å². The maximum absolute atomic E-state index is 13.4. The third kappa shape index (κ3) is 5.66. The molecular formula is C24H29FN4O4. The average molecular weight is 457 g/mol. The lowest BCUT2D eigenvalue weighted by Gasteiger charge is -2.30. The lowest BCUT2D eigenvalue weighted by atomic mass is 10.0. The van der Waals surface area contributed by atoms with Crippen molar-refractivity contribution in [1.29, 1.82) is 0 Å². The van der Waals surface area contributed by atoms with Crippen molar-refractivity contribution >= 4 is 17.5 Å².